The van der Waals surface area contributed by atoms with Crippen LogP contribution in [0.1, 0.15) is 30.6 Å². The first kappa shape index (κ1) is 20.7. The number of halogens is 1. The molecule has 2 rings (SSSR count). The lowest BCUT2D eigenvalue weighted by Crippen LogP contribution is -3.13. The van der Waals surface area contributed by atoms with Crippen molar-refractivity contribution in [2.45, 2.75) is 20.3 Å². The van der Waals surface area contributed by atoms with Crippen LogP contribution in [-0.4, -0.2) is 42.8 Å². The number of ketones is 1. The highest BCUT2D eigenvalue weighted by molar-refractivity contribution is 7.99. The van der Waals surface area contributed by atoms with Crippen molar-refractivity contribution in [3.8, 4) is 0 Å². The lowest BCUT2D eigenvalue weighted by atomic mass is 10.1. The fourth-order valence-corrected chi connectivity index (χ4v) is 3.59. The minimum absolute atomic E-state index is 0. The molecule has 1 aliphatic rings. The third-order valence-corrected chi connectivity index (χ3v) is 4.79. The molecule has 0 saturated carbocycles. The number of allylic oxidation sites excluding steroid dienone is 1. The predicted molar refractivity (Wildman–Crippen MR) is 96.3 cm³/mol. The summed E-state index contributed by atoms with van der Waals surface area (Å²) in [5, 5.41) is 2.79. The number of amides is 1. The number of hydrogen-bond acceptors (Lipinski definition) is 3. The summed E-state index contributed by atoms with van der Waals surface area (Å²) in [5.74, 6) is 2.43. The number of anilines is 1. The van der Waals surface area contributed by atoms with E-state index in [1.807, 2.05) is 25.6 Å². The number of rotatable bonds is 6. The zero-order chi connectivity index (χ0) is 16.7. The molecule has 0 atom stereocenters. The minimum atomic E-state index is -0.143. The Morgan fingerprint density at radius 1 is 1.17 bits per heavy atom. The van der Waals surface area contributed by atoms with Gasteiger partial charge in [-0.05, 0) is 38.1 Å². The minimum Gasteiger partial charge on any atom is -1.00 e. The second-order valence-electron chi connectivity index (χ2n) is 6.07. The van der Waals surface area contributed by atoms with Gasteiger partial charge in [-0.15, -0.1) is 0 Å². The molecule has 1 heterocycles. The molecule has 132 valence electrons. The van der Waals surface area contributed by atoms with Crippen molar-refractivity contribution in [1.29, 1.82) is 0 Å². The van der Waals surface area contributed by atoms with E-state index < -0.39 is 0 Å². The Balaban J connectivity index is 0.00000288. The number of nitrogens with one attached hydrogen (secondary N) is 2. The predicted octanol–water partition coefficient (Wildman–Crippen LogP) is -1.20. The molecule has 6 heteroatoms. The number of quaternary nitrogens is 1. The first-order chi connectivity index (χ1) is 11.0. The summed E-state index contributed by atoms with van der Waals surface area (Å²) >= 11 is 1.99. The fourth-order valence-electron chi connectivity index (χ4n) is 2.52. The number of benzene rings is 1. The largest absolute Gasteiger partial charge is 1.00 e. The Labute approximate surface area is 154 Å². The van der Waals surface area contributed by atoms with Gasteiger partial charge in [-0.3, -0.25) is 9.59 Å². The Bertz CT molecular complexity index is 577. The standard InChI is InChI=1S/C18H24N2O2S.ClH/c1-14(2)13-18(22)19-16-5-3-15(4-6-16)17(21)7-8-20-9-11-23-12-10-20;/h3-6,13H,7-12H2,1-2H3,(H,19,22);1H. The molecule has 2 N–H and O–H groups in total. The number of thioether (sulfide) groups is 1. The maximum atomic E-state index is 12.3. The summed E-state index contributed by atoms with van der Waals surface area (Å²) in [6, 6.07) is 7.16. The zero-order valence-corrected chi connectivity index (χ0v) is 15.8. The highest BCUT2D eigenvalue weighted by atomic mass is 35.5. The summed E-state index contributed by atoms with van der Waals surface area (Å²) in [4.78, 5) is 25.4. The second kappa shape index (κ2) is 10.5. The normalized spacial score (nSPS) is 14.4. The number of carbonyl (C=O) groups excluding carboxylic acids is 2. The zero-order valence-electron chi connectivity index (χ0n) is 14.2. The molecule has 1 aliphatic heterocycles. The fraction of sp³-hybridized carbons (Fsp3) is 0.444. The van der Waals surface area contributed by atoms with Crippen LogP contribution in [-0.2, 0) is 4.79 Å². The average Bonchev–Trinajstić information content (AvgIpc) is 2.53. The van der Waals surface area contributed by atoms with Gasteiger partial charge in [0.2, 0.25) is 5.91 Å². The van der Waals surface area contributed by atoms with Crippen LogP contribution in [0.3, 0.4) is 0 Å². The van der Waals surface area contributed by atoms with Crippen molar-refractivity contribution in [3.05, 3.63) is 41.5 Å². The van der Waals surface area contributed by atoms with E-state index >= 15 is 0 Å². The molecule has 1 amide bonds. The van der Waals surface area contributed by atoms with Gasteiger partial charge in [-0.1, -0.05) is 5.57 Å². The van der Waals surface area contributed by atoms with Crippen molar-refractivity contribution in [3.63, 3.8) is 0 Å². The lowest BCUT2D eigenvalue weighted by molar-refractivity contribution is -0.895. The summed E-state index contributed by atoms with van der Waals surface area (Å²) in [5.41, 5.74) is 2.38. The molecule has 4 nitrogen and oxygen atoms in total. The van der Waals surface area contributed by atoms with E-state index in [9.17, 15) is 9.59 Å². The topological polar surface area (TPSA) is 50.6 Å². The van der Waals surface area contributed by atoms with E-state index in [0.29, 0.717) is 12.1 Å². The van der Waals surface area contributed by atoms with E-state index in [0.717, 1.165) is 30.8 Å². The molecule has 1 saturated heterocycles. The van der Waals surface area contributed by atoms with Crippen LogP contribution in [0.2, 0.25) is 0 Å². The van der Waals surface area contributed by atoms with Crippen LogP contribution in [0.15, 0.2) is 35.9 Å². The molecule has 0 spiro atoms. The van der Waals surface area contributed by atoms with Gasteiger partial charge in [0, 0.05) is 28.8 Å². The number of carbonyl (C=O) groups is 2. The SMILES string of the molecule is CC(C)=CC(=O)Nc1ccc(C(=O)CC[NH+]2CCSCC2)cc1.[Cl-]. The molecule has 1 aromatic rings. The summed E-state index contributed by atoms with van der Waals surface area (Å²) < 4.78 is 0. The number of Topliss-reactive ketones (excluding diaryl/α,β-unsaturated/α-hetero) is 1. The Kier molecular flexibility index (Phi) is 9.11. The summed E-state index contributed by atoms with van der Waals surface area (Å²) in [7, 11) is 0. The van der Waals surface area contributed by atoms with Crippen molar-refractivity contribution < 1.29 is 26.9 Å². The quantitative estimate of drug-likeness (QED) is 0.490. The maximum Gasteiger partial charge on any atom is 0.248 e. The third-order valence-electron chi connectivity index (χ3n) is 3.80. The molecule has 1 aromatic carbocycles. The maximum absolute atomic E-state index is 12.3. The van der Waals surface area contributed by atoms with Crippen molar-refractivity contribution in [2.75, 3.05) is 36.5 Å². The lowest BCUT2D eigenvalue weighted by Gasteiger charge is -2.22. The Morgan fingerprint density at radius 3 is 2.38 bits per heavy atom. The molecule has 0 aliphatic carbocycles. The molecule has 0 bridgehead atoms. The molecular formula is C18H25ClN2O2S. The molecule has 0 radical (unpaired) electrons. The van der Waals surface area contributed by atoms with E-state index in [1.54, 1.807) is 30.3 Å². The van der Waals surface area contributed by atoms with Gasteiger partial charge in [0.1, 0.15) is 0 Å². The monoisotopic (exact) mass is 368 g/mol. The van der Waals surface area contributed by atoms with Crippen molar-refractivity contribution >= 4 is 29.1 Å². The van der Waals surface area contributed by atoms with Crippen LogP contribution >= 0.6 is 11.8 Å². The smallest absolute Gasteiger partial charge is 0.248 e. The summed E-state index contributed by atoms with van der Waals surface area (Å²) in [6.45, 7) is 6.99. The summed E-state index contributed by atoms with van der Waals surface area (Å²) in [6.07, 6.45) is 2.14. The first-order valence-corrected chi connectivity index (χ1v) is 9.20. The molecular weight excluding hydrogens is 344 g/mol. The molecule has 0 unspecified atom stereocenters. The van der Waals surface area contributed by atoms with Gasteiger partial charge in [0.25, 0.3) is 0 Å². The molecule has 24 heavy (non-hydrogen) atoms. The average molecular weight is 369 g/mol. The van der Waals surface area contributed by atoms with Gasteiger partial charge in [0.05, 0.1) is 26.1 Å². The highest BCUT2D eigenvalue weighted by Gasteiger charge is 2.16. The van der Waals surface area contributed by atoms with Crippen molar-refractivity contribution in [1.82, 2.24) is 0 Å². The van der Waals surface area contributed by atoms with Gasteiger partial charge >= 0.3 is 0 Å². The molecule has 1 fully saturated rings. The third kappa shape index (κ3) is 7.07. The van der Waals surface area contributed by atoms with Crippen LogP contribution in [0.4, 0.5) is 5.69 Å². The van der Waals surface area contributed by atoms with Crippen LogP contribution in [0.25, 0.3) is 0 Å². The van der Waals surface area contributed by atoms with Crippen molar-refractivity contribution in [2.24, 2.45) is 0 Å². The first-order valence-electron chi connectivity index (χ1n) is 8.05. The highest BCUT2D eigenvalue weighted by Crippen LogP contribution is 2.11. The van der Waals surface area contributed by atoms with Gasteiger partial charge in [-0.25, -0.2) is 0 Å². The van der Waals surface area contributed by atoms with E-state index in [4.69, 9.17) is 0 Å². The molecule has 0 aromatic heterocycles. The Morgan fingerprint density at radius 2 is 1.79 bits per heavy atom. The van der Waals surface area contributed by atoms with E-state index in [-0.39, 0.29) is 24.1 Å². The number of hydrogen-bond donors (Lipinski definition) is 2. The van der Waals surface area contributed by atoms with E-state index in [1.165, 1.54) is 16.4 Å². The van der Waals surface area contributed by atoms with E-state index in [2.05, 4.69) is 5.32 Å². The van der Waals surface area contributed by atoms with Gasteiger partial charge < -0.3 is 22.6 Å². The van der Waals surface area contributed by atoms with Crippen LogP contribution < -0.4 is 22.6 Å². The van der Waals surface area contributed by atoms with Crippen LogP contribution in [0.5, 0.6) is 0 Å². The van der Waals surface area contributed by atoms with Gasteiger partial charge in [0.15, 0.2) is 5.78 Å². The second-order valence-corrected chi connectivity index (χ2v) is 7.30. The Hall–Kier alpha value is -1.30. The van der Waals surface area contributed by atoms with Crippen LogP contribution in [0, 0.1) is 0 Å². The van der Waals surface area contributed by atoms with Gasteiger partial charge in [-0.2, -0.15) is 11.8 Å².